The first kappa shape index (κ1) is 19.8. The number of ether oxygens (including phenoxy) is 1. The van der Waals surface area contributed by atoms with E-state index >= 15 is 0 Å². The Morgan fingerprint density at radius 1 is 1.17 bits per heavy atom. The molecule has 2 aromatic heterocycles. The Labute approximate surface area is 172 Å². The quantitative estimate of drug-likeness (QED) is 0.780. The van der Waals surface area contributed by atoms with E-state index in [-0.39, 0.29) is 5.41 Å². The van der Waals surface area contributed by atoms with Crippen molar-refractivity contribution < 1.29 is 9.53 Å². The molecule has 0 radical (unpaired) electrons. The van der Waals surface area contributed by atoms with Crippen molar-refractivity contribution in [2.45, 2.75) is 46.2 Å². The van der Waals surface area contributed by atoms with Crippen LogP contribution >= 0.6 is 0 Å². The standard InChI is InChI=1S/C23H30N4O2/c1-17-12-25-20(18(2)21(17)29-3)15-26-11-8-23(16-26)7-5-10-27(22(23)28)14-19-6-4-9-24-13-19/h4,6,9,12-13H,5,7-8,10-11,14-16H2,1-3H3. The number of piperidine rings is 1. The number of rotatable bonds is 5. The molecule has 2 saturated heterocycles. The second kappa shape index (κ2) is 8.11. The van der Waals surface area contributed by atoms with Crippen LogP contribution < -0.4 is 4.74 Å². The number of likely N-dealkylation sites (tertiary alicyclic amines) is 2. The summed E-state index contributed by atoms with van der Waals surface area (Å²) in [6.07, 6.45) is 8.49. The van der Waals surface area contributed by atoms with Crippen molar-refractivity contribution >= 4 is 5.91 Å². The second-order valence-corrected chi connectivity index (χ2v) is 8.48. The average Bonchev–Trinajstić information content (AvgIpc) is 3.13. The summed E-state index contributed by atoms with van der Waals surface area (Å²) in [6, 6.07) is 3.98. The number of nitrogens with zero attached hydrogens (tertiary/aromatic N) is 4. The number of methoxy groups -OCH3 is 1. The van der Waals surface area contributed by atoms with Gasteiger partial charge in [0.05, 0.1) is 18.2 Å². The Morgan fingerprint density at radius 3 is 2.79 bits per heavy atom. The smallest absolute Gasteiger partial charge is 0.230 e. The molecule has 2 aliphatic rings. The topological polar surface area (TPSA) is 58.6 Å². The third-order valence-electron chi connectivity index (χ3n) is 6.48. The van der Waals surface area contributed by atoms with Gasteiger partial charge in [-0.15, -0.1) is 0 Å². The minimum absolute atomic E-state index is 0.247. The fourth-order valence-electron chi connectivity index (χ4n) is 4.93. The highest BCUT2D eigenvalue weighted by atomic mass is 16.5. The van der Waals surface area contributed by atoms with E-state index in [1.165, 1.54) is 0 Å². The molecule has 4 rings (SSSR count). The van der Waals surface area contributed by atoms with Crippen LogP contribution in [0.15, 0.2) is 30.7 Å². The predicted molar refractivity (Wildman–Crippen MR) is 111 cm³/mol. The van der Waals surface area contributed by atoms with Gasteiger partial charge in [0.2, 0.25) is 5.91 Å². The van der Waals surface area contributed by atoms with E-state index < -0.39 is 0 Å². The number of aromatic nitrogens is 2. The summed E-state index contributed by atoms with van der Waals surface area (Å²) < 4.78 is 5.55. The molecule has 29 heavy (non-hydrogen) atoms. The second-order valence-electron chi connectivity index (χ2n) is 8.48. The summed E-state index contributed by atoms with van der Waals surface area (Å²) in [5.41, 5.74) is 4.05. The SMILES string of the molecule is COc1c(C)cnc(CN2CCC3(CCCN(Cc4cccnc4)C3=O)C2)c1C. The Kier molecular flexibility index (Phi) is 5.54. The van der Waals surface area contributed by atoms with Gasteiger partial charge < -0.3 is 9.64 Å². The highest BCUT2D eigenvalue weighted by Crippen LogP contribution is 2.41. The first-order valence-corrected chi connectivity index (χ1v) is 10.4. The lowest BCUT2D eigenvalue weighted by molar-refractivity contribution is -0.146. The van der Waals surface area contributed by atoms with Crippen molar-refractivity contribution in [2.24, 2.45) is 5.41 Å². The molecular formula is C23H30N4O2. The van der Waals surface area contributed by atoms with Gasteiger partial charge >= 0.3 is 0 Å². The van der Waals surface area contributed by atoms with Crippen molar-refractivity contribution in [3.63, 3.8) is 0 Å². The molecule has 1 unspecified atom stereocenters. The summed E-state index contributed by atoms with van der Waals surface area (Å²) in [7, 11) is 1.71. The van der Waals surface area contributed by atoms with Gasteiger partial charge in [-0.2, -0.15) is 0 Å². The van der Waals surface area contributed by atoms with Gasteiger partial charge in [-0.05, 0) is 51.3 Å². The number of carbonyl (C=O) groups excluding carboxylic acids is 1. The van der Waals surface area contributed by atoms with E-state index in [9.17, 15) is 4.79 Å². The molecule has 2 aromatic rings. The third-order valence-corrected chi connectivity index (χ3v) is 6.48. The molecule has 0 bridgehead atoms. The predicted octanol–water partition coefficient (Wildman–Crippen LogP) is 3.12. The Morgan fingerprint density at radius 2 is 2.03 bits per heavy atom. The molecule has 0 saturated carbocycles. The van der Waals surface area contributed by atoms with Crippen LogP contribution in [0.25, 0.3) is 0 Å². The Balaban J connectivity index is 1.46. The van der Waals surface area contributed by atoms with E-state index in [1.54, 1.807) is 13.3 Å². The summed E-state index contributed by atoms with van der Waals surface area (Å²) in [4.78, 5) is 26.7. The van der Waals surface area contributed by atoms with Crippen LogP contribution in [0.4, 0.5) is 0 Å². The van der Waals surface area contributed by atoms with Crippen LogP contribution in [-0.4, -0.2) is 52.4 Å². The number of carbonyl (C=O) groups is 1. The van der Waals surface area contributed by atoms with E-state index in [0.717, 1.165) is 73.6 Å². The zero-order valence-corrected chi connectivity index (χ0v) is 17.6. The van der Waals surface area contributed by atoms with Crippen LogP contribution in [-0.2, 0) is 17.9 Å². The lowest BCUT2D eigenvalue weighted by Crippen LogP contribution is -2.49. The molecule has 154 valence electrons. The van der Waals surface area contributed by atoms with Crippen molar-refractivity contribution in [3.05, 3.63) is 53.1 Å². The lowest BCUT2D eigenvalue weighted by atomic mass is 9.78. The van der Waals surface area contributed by atoms with E-state index in [1.807, 2.05) is 36.4 Å². The monoisotopic (exact) mass is 394 g/mol. The third kappa shape index (κ3) is 3.86. The normalized spacial score (nSPS) is 22.4. The molecule has 1 spiro atoms. The minimum atomic E-state index is -0.247. The van der Waals surface area contributed by atoms with Crippen LogP contribution in [0.3, 0.4) is 0 Å². The number of pyridine rings is 2. The lowest BCUT2D eigenvalue weighted by Gasteiger charge is -2.39. The molecule has 6 nitrogen and oxygen atoms in total. The van der Waals surface area contributed by atoms with Gasteiger partial charge in [-0.1, -0.05) is 6.07 Å². The molecular weight excluding hydrogens is 364 g/mol. The summed E-state index contributed by atoms with van der Waals surface area (Å²) in [5, 5.41) is 0. The molecule has 0 aliphatic carbocycles. The maximum atomic E-state index is 13.4. The largest absolute Gasteiger partial charge is 0.496 e. The highest BCUT2D eigenvalue weighted by molar-refractivity contribution is 5.84. The zero-order valence-electron chi connectivity index (χ0n) is 17.6. The van der Waals surface area contributed by atoms with Crippen molar-refractivity contribution in [1.82, 2.24) is 19.8 Å². The maximum absolute atomic E-state index is 13.4. The summed E-state index contributed by atoms with van der Waals surface area (Å²) >= 11 is 0. The number of amides is 1. The molecule has 2 fully saturated rings. The molecule has 2 aliphatic heterocycles. The summed E-state index contributed by atoms with van der Waals surface area (Å²) in [6.45, 7) is 8.10. The summed E-state index contributed by atoms with van der Waals surface area (Å²) in [5.74, 6) is 1.22. The van der Waals surface area contributed by atoms with E-state index in [2.05, 4.69) is 21.8 Å². The molecule has 1 atom stereocenters. The van der Waals surface area contributed by atoms with Crippen LogP contribution in [0.5, 0.6) is 5.75 Å². The molecule has 6 heteroatoms. The number of hydrogen-bond acceptors (Lipinski definition) is 5. The molecule has 1 amide bonds. The number of hydrogen-bond donors (Lipinski definition) is 0. The fraction of sp³-hybridized carbons (Fsp3) is 0.522. The van der Waals surface area contributed by atoms with Gasteiger partial charge in [0.25, 0.3) is 0 Å². The van der Waals surface area contributed by atoms with Gasteiger partial charge in [0.1, 0.15) is 5.75 Å². The fourth-order valence-corrected chi connectivity index (χ4v) is 4.93. The Bertz CT molecular complexity index is 886. The first-order chi connectivity index (χ1) is 14.0. The number of aryl methyl sites for hydroxylation is 1. The van der Waals surface area contributed by atoms with E-state index in [0.29, 0.717) is 12.5 Å². The Hall–Kier alpha value is -2.47. The first-order valence-electron chi connectivity index (χ1n) is 10.4. The minimum Gasteiger partial charge on any atom is -0.496 e. The van der Waals surface area contributed by atoms with Gasteiger partial charge in [-0.3, -0.25) is 19.7 Å². The van der Waals surface area contributed by atoms with Crippen molar-refractivity contribution in [1.29, 1.82) is 0 Å². The average molecular weight is 395 g/mol. The van der Waals surface area contributed by atoms with Crippen LogP contribution in [0, 0.1) is 19.3 Å². The maximum Gasteiger partial charge on any atom is 0.230 e. The van der Waals surface area contributed by atoms with Gasteiger partial charge in [0.15, 0.2) is 0 Å². The zero-order chi connectivity index (χ0) is 20.4. The molecule has 4 heterocycles. The highest BCUT2D eigenvalue weighted by Gasteiger charge is 2.48. The van der Waals surface area contributed by atoms with Crippen molar-refractivity contribution in [2.75, 3.05) is 26.7 Å². The van der Waals surface area contributed by atoms with Crippen molar-refractivity contribution in [3.8, 4) is 5.75 Å². The van der Waals surface area contributed by atoms with Gasteiger partial charge in [-0.25, -0.2) is 0 Å². The van der Waals surface area contributed by atoms with E-state index in [4.69, 9.17) is 4.74 Å². The molecule has 0 aromatic carbocycles. The van der Waals surface area contributed by atoms with Crippen LogP contribution in [0.1, 0.15) is 41.6 Å². The van der Waals surface area contributed by atoms with Crippen LogP contribution in [0.2, 0.25) is 0 Å². The molecule has 0 N–H and O–H groups in total. The van der Waals surface area contributed by atoms with Gasteiger partial charge in [0, 0.05) is 55.9 Å².